The Bertz CT molecular complexity index is 744. The first kappa shape index (κ1) is 18.6. The number of aromatic nitrogens is 1. The number of rotatable bonds is 5. The maximum absolute atomic E-state index is 12.4. The molecule has 1 aromatic heterocycles. The van der Waals surface area contributed by atoms with Crippen LogP contribution in [0.5, 0.6) is 0 Å². The molecule has 1 amide bonds. The molecule has 1 aromatic rings. The van der Waals surface area contributed by atoms with E-state index in [9.17, 15) is 25.0 Å². The van der Waals surface area contributed by atoms with Crippen molar-refractivity contribution in [3.63, 3.8) is 0 Å². The smallest absolute Gasteiger partial charge is 0.285 e. The Labute approximate surface area is 145 Å². The van der Waals surface area contributed by atoms with Crippen LogP contribution in [-0.2, 0) is 11.3 Å². The average Bonchev–Trinajstić information content (AvgIpc) is 2.57. The molecule has 0 aliphatic carbocycles. The van der Waals surface area contributed by atoms with Gasteiger partial charge in [0.1, 0.15) is 12.6 Å². The van der Waals surface area contributed by atoms with Crippen molar-refractivity contribution in [2.75, 3.05) is 26.2 Å². The van der Waals surface area contributed by atoms with E-state index in [0.29, 0.717) is 26.2 Å². The summed E-state index contributed by atoms with van der Waals surface area (Å²) in [5, 5.41) is 20.1. The number of carbonyl (C=O) groups excluding carboxylic acids is 1. The third-order valence-corrected chi connectivity index (χ3v) is 4.31. The Balaban J connectivity index is 2.00. The molecule has 0 bridgehead atoms. The van der Waals surface area contributed by atoms with Crippen molar-refractivity contribution in [2.45, 2.75) is 26.4 Å². The van der Waals surface area contributed by atoms with Crippen molar-refractivity contribution >= 4 is 11.6 Å². The second-order valence-electron chi connectivity index (χ2n) is 6.35. The van der Waals surface area contributed by atoms with Gasteiger partial charge >= 0.3 is 0 Å². The largest absolute Gasteiger partial charge is 0.339 e. The minimum absolute atomic E-state index is 0.184. The van der Waals surface area contributed by atoms with Gasteiger partial charge in [-0.15, -0.1) is 0 Å². The van der Waals surface area contributed by atoms with Crippen LogP contribution in [0.2, 0.25) is 0 Å². The van der Waals surface area contributed by atoms with Crippen molar-refractivity contribution in [1.82, 2.24) is 14.4 Å². The van der Waals surface area contributed by atoms with E-state index in [1.807, 2.05) is 18.7 Å². The Morgan fingerprint density at radius 1 is 1.32 bits per heavy atom. The van der Waals surface area contributed by atoms with Crippen LogP contribution in [0.4, 0.5) is 5.69 Å². The maximum Gasteiger partial charge on any atom is 0.285 e. The van der Waals surface area contributed by atoms with E-state index >= 15 is 0 Å². The Kier molecular flexibility index (Phi) is 5.88. The molecular weight excluding hydrogens is 326 g/mol. The van der Waals surface area contributed by atoms with Gasteiger partial charge in [-0.25, -0.2) is 0 Å². The van der Waals surface area contributed by atoms with Crippen LogP contribution >= 0.6 is 0 Å². The fourth-order valence-electron chi connectivity index (χ4n) is 2.90. The van der Waals surface area contributed by atoms with E-state index in [2.05, 4.69) is 6.07 Å². The van der Waals surface area contributed by atoms with Gasteiger partial charge in [0.05, 0.1) is 17.2 Å². The lowest BCUT2D eigenvalue weighted by molar-refractivity contribution is -0.385. The fourth-order valence-corrected chi connectivity index (χ4v) is 2.90. The van der Waals surface area contributed by atoms with Crippen molar-refractivity contribution in [3.8, 4) is 6.07 Å². The van der Waals surface area contributed by atoms with Crippen LogP contribution in [0.1, 0.15) is 13.8 Å². The zero-order chi connectivity index (χ0) is 18.6. The first-order valence-electron chi connectivity index (χ1n) is 8.09. The number of hydrogen-bond donors (Lipinski definition) is 0. The molecule has 2 heterocycles. The monoisotopic (exact) mass is 347 g/mol. The van der Waals surface area contributed by atoms with Gasteiger partial charge in [0, 0.05) is 38.3 Å². The molecule has 9 nitrogen and oxygen atoms in total. The van der Waals surface area contributed by atoms with Crippen LogP contribution in [-0.4, -0.2) is 57.4 Å². The van der Waals surface area contributed by atoms with E-state index < -0.39 is 10.5 Å². The number of hydrogen-bond acceptors (Lipinski definition) is 6. The van der Waals surface area contributed by atoms with Gasteiger partial charge < -0.3 is 4.90 Å². The second-order valence-corrected chi connectivity index (χ2v) is 6.35. The number of nitro groups is 1. The minimum Gasteiger partial charge on any atom is -0.339 e. The Morgan fingerprint density at radius 2 is 1.96 bits per heavy atom. The molecule has 1 aliphatic heterocycles. The molecule has 1 saturated heterocycles. The predicted octanol–water partition coefficient (Wildman–Crippen LogP) is 0.449. The maximum atomic E-state index is 12.4. The van der Waals surface area contributed by atoms with E-state index in [-0.39, 0.29) is 30.1 Å². The first-order chi connectivity index (χ1) is 11.8. The summed E-state index contributed by atoms with van der Waals surface area (Å²) in [5.41, 5.74) is -0.687. The summed E-state index contributed by atoms with van der Waals surface area (Å²) >= 11 is 0. The summed E-state index contributed by atoms with van der Waals surface area (Å²) in [7, 11) is 0. The van der Waals surface area contributed by atoms with Crippen LogP contribution in [0, 0.1) is 27.4 Å². The molecule has 0 N–H and O–H groups in total. The van der Waals surface area contributed by atoms with E-state index in [4.69, 9.17) is 0 Å². The highest BCUT2D eigenvalue weighted by molar-refractivity contribution is 5.76. The lowest BCUT2D eigenvalue weighted by atomic mass is 10.0. The van der Waals surface area contributed by atoms with Gasteiger partial charge in [0.15, 0.2) is 0 Å². The number of nitrogens with zero attached hydrogens (tertiary/aromatic N) is 5. The molecule has 0 radical (unpaired) electrons. The SMILES string of the molecule is CC(C)C(C#N)N1CCN(C(=O)Cn2cc([N+](=O)[O-])ccc2=O)CC1. The normalized spacial score (nSPS) is 16.5. The number of pyridine rings is 1. The van der Waals surface area contributed by atoms with Crippen molar-refractivity contribution in [2.24, 2.45) is 5.92 Å². The molecule has 1 aliphatic rings. The molecule has 134 valence electrons. The van der Waals surface area contributed by atoms with Gasteiger partial charge in [-0.2, -0.15) is 5.26 Å². The standard InChI is InChI=1S/C16H21N5O4/c1-12(2)14(9-17)18-5-7-19(8-6-18)16(23)11-20-10-13(21(24)25)3-4-15(20)22/h3-4,10,12,14H,5-8,11H2,1-2H3. The van der Waals surface area contributed by atoms with Crippen molar-refractivity contribution in [1.29, 1.82) is 5.26 Å². The second kappa shape index (κ2) is 7.90. The Hall–Kier alpha value is -2.73. The van der Waals surface area contributed by atoms with Gasteiger partial charge in [0.25, 0.3) is 11.2 Å². The minimum atomic E-state index is -0.604. The van der Waals surface area contributed by atoms with Gasteiger partial charge in [-0.3, -0.25) is 29.2 Å². The molecule has 1 atom stereocenters. The predicted molar refractivity (Wildman–Crippen MR) is 89.7 cm³/mol. The third-order valence-electron chi connectivity index (χ3n) is 4.31. The molecule has 0 spiro atoms. The fraction of sp³-hybridized carbons (Fsp3) is 0.562. The highest BCUT2D eigenvalue weighted by Crippen LogP contribution is 2.14. The highest BCUT2D eigenvalue weighted by atomic mass is 16.6. The first-order valence-corrected chi connectivity index (χ1v) is 8.09. The summed E-state index contributed by atoms with van der Waals surface area (Å²) in [6.07, 6.45) is 1.08. The molecular formula is C16H21N5O4. The van der Waals surface area contributed by atoms with Crippen LogP contribution in [0.25, 0.3) is 0 Å². The molecule has 1 fully saturated rings. The van der Waals surface area contributed by atoms with Gasteiger partial charge in [-0.05, 0) is 5.92 Å². The highest BCUT2D eigenvalue weighted by Gasteiger charge is 2.27. The van der Waals surface area contributed by atoms with Crippen LogP contribution < -0.4 is 5.56 Å². The lowest BCUT2D eigenvalue weighted by Gasteiger charge is -2.38. The summed E-state index contributed by atoms with van der Waals surface area (Å²) < 4.78 is 1.05. The van der Waals surface area contributed by atoms with Gasteiger partial charge in [-0.1, -0.05) is 13.8 Å². The lowest BCUT2D eigenvalue weighted by Crippen LogP contribution is -2.53. The topological polar surface area (TPSA) is 112 Å². The quantitative estimate of drug-likeness (QED) is 0.564. The Morgan fingerprint density at radius 3 is 2.48 bits per heavy atom. The summed E-state index contributed by atoms with van der Waals surface area (Å²) in [6, 6.07) is 4.32. The number of nitriles is 1. The molecule has 25 heavy (non-hydrogen) atoms. The molecule has 9 heteroatoms. The number of carbonyl (C=O) groups is 1. The van der Waals surface area contributed by atoms with Crippen LogP contribution in [0.3, 0.4) is 0 Å². The van der Waals surface area contributed by atoms with Crippen LogP contribution in [0.15, 0.2) is 23.1 Å². The molecule has 0 aromatic carbocycles. The summed E-state index contributed by atoms with van der Waals surface area (Å²) in [4.78, 5) is 38.1. The van der Waals surface area contributed by atoms with E-state index in [1.54, 1.807) is 4.90 Å². The van der Waals surface area contributed by atoms with E-state index in [1.165, 1.54) is 0 Å². The molecule has 1 unspecified atom stereocenters. The zero-order valence-electron chi connectivity index (χ0n) is 14.3. The number of piperazine rings is 1. The third kappa shape index (κ3) is 4.42. The van der Waals surface area contributed by atoms with Crippen molar-refractivity contribution in [3.05, 3.63) is 38.8 Å². The summed E-state index contributed by atoms with van der Waals surface area (Å²) in [5.74, 6) is -0.0593. The molecule has 2 rings (SSSR count). The van der Waals surface area contributed by atoms with Gasteiger partial charge in [0.2, 0.25) is 5.91 Å². The van der Waals surface area contributed by atoms with E-state index in [0.717, 1.165) is 22.9 Å². The van der Waals surface area contributed by atoms with Crippen molar-refractivity contribution < 1.29 is 9.72 Å². The molecule has 0 saturated carbocycles. The average molecular weight is 347 g/mol. The number of amides is 1. The summed E-state index contributed by atoms with van der Waals surface area (Å²) in [6.45, 7) is 5.85. The zero-order valence-corrected chi connectivity index (χ0v) is 14.3.